The zero-order valence-electron chi connectivity index (χ0n) is 11.7. The van der Waals surface area contributed by atoms with Crippen LogP contribution in [0.15, 0.2) is 0 Å². The van der Waals surface area contributed by atoms with Gasteiger partial charge in [0.2, 0.25) is 10.0 Å². The van der Waals surface area contributed by atoms with E-state index in [2.05, 4.69) is 0 Å². The van der Waals surface area contributed by atoms with Gasteiger partial charge in [-0.1, -0.05) is 27.7 Å². The van der Waals surface area contributed by atoms with Crippen LogP contribution in [0.2, 0.25) is 0 Å². The maximum Gasteiger partial charge on any atom is 0.227 e. The molecule has 2 saturated carbocycles. The van der Waals surface area contributed by atoms with Crippen molar-refractivity contribution < 1.29 is 13.2 Å². The summed E-state index contributed by atoms with van der Waals surface area (Å²) in [7, 11) is -3.54. The standard InChI is InChI=1S/C13H23NO3S/c1-5-14(6-2)18(16,17)13-8-7-10(9-11(13)15)12(13,3)4/h10H,5-9H2,1-4H3/t10?,13-/m0/s1. The summed E-state index contributed by atoms with van der Waals surface area (Å²) in [4.78, 5) is 12.4. The molecule has 0 spiro atoms. The lowest BCUT2D eigenvalue weighted by Crippen LogP contribution is -2.56. The van der Waals surface area contributed by atoms with Gasteiger partial charge in [-0.05, 0) is 24.2 Å². The van der Waals surface area contributed by atoms with Crippen LogP contribution in [0.4, 0.5) is 0 Å². The van der Waals surface area contributed by atoms with Gasteiger partial charge >= 0.3 is 0 Å². The summed E-state index contributed by atoms with van der Waals surface area (Å²) in [6, 6.07) is 0. The Labute approximate surface area is 110 Å². The molecule has 2 bridgehead atoms. The van der Waals surface area contributed by atoms with Gasteiger partial charge in [0.25, 0.3) is 0 Å². The maximum atomic E-state index is 12.9. The Hall–Kier alpha value is -0.420. The van der Waals surface area contributed by atoms with Crippen molar-refractivity contribution in [3.8, 4) is 0 Å². The van der Waals surface area contributed by atoms with E-state index in [0.29, 0.717) is 25.9 Å². The lowest BCUT2D eigenvalue weighted by atomic mass is 9.81. The van der Waals surface area contributed by atoms with E-state index in [0.717, 1.165) is 6.42 Å². The molecule has 2 atom stereocenters. The summed E-state index contributed by atoms with van der Waals surface area (Å²) >= 11 is 0. The van der Waals surface area contributed by atoms with Crippen molar-refractivity contribution in [2.24, 2.45) is 11.3 Å². The topological polar surface area (TPSA) is 54.5 Å². The van der Waals surface area contributed by atoms with Crippen LogP contribution < -0.4 is 0 Å². The zero-order chi connectivity index (χ0) is 13.8. The van der Waals surface area contributed by atoms with Crippen LogP contribution in [-0.2, 0) is 14.8 Å². The molecule has 0 aromatic heterocycles. The summed E-state index contributed by atoms with van der Waals surface area (Å²) in [6.45, 7) is 8.45. The Balaban J connectivity index is 2.58. The highest BCUT2D eigenvalue weighted by Crippen LogP contribution is 2.62. The van der Waals surface area contributed by atoms with E-state index in [9.17, 15) is 13.2 Å². The van der Waals surface area contributed by atoms with Gasteiger partial charge in [0.1, 0.15) is 4.75 Å². The average Bonchev–Trinajstić information content (AvgIpc) is 2.64. The Morgan fingerprint density at radius 1 is 1.28 bits per heavy atom. The van der Waals surface area contributed by atoms with E-state index in [1.54, 1.807) is 0 Å². The Kier molecular flexibility index (Phi) is 3.14. The number of nitrogens with zero attached hydrogens (tertiary/aromatic N) is 1. The van der Waals surface area contributed by atoms with Crippen molar-refractivity contribution in [3.63, 3.8) is 0 Å². The van der Waals surface area contributed by atoms with E-state index in [1.165, 1.54) is 4.31 Å². The van der Waals surface area contributed by atoms with Gasteiger partial charge in [-0.25, -0.2) is 12.7 Å². The third kappa shape index (κ3) is 1.35. The normalized spacial score (nSPS) is 34.5. The third-order valence-electron chi connectivity index (χ3n) is 5.27. The van der Waals surface area contributed by atoms with Gasteiger partial charge in [-0.2, -0.15) is 0 Å². The summed E-state index contributed by atoms with van der Waals surface area (Å²) in [6.07, 6.45) is 1.80. The lowest BCUT2D eigenvalue weighted by Gasteiger charge is -2.39. The number of carbonyl (C=O) groups is 1. The van der Waals surface area contributed by atoms with Crippen molar-refractivity contribution in [2.45, 2.75) is 51.7 Å². The van der Waals surface area contributed by atoms with Gasteiger partial charge in [0.05, 0.1) is 0 Å². The molecule has 18 heavy (non-hydrogen) atoms. The molecule has 104 valence electrons. The van der Waals surface area contributed by atoms with Crippen LogP contribution in [0.5, 0.6) is 0 Å². The number of fused-ring (bicyclic) bond motifs is 2. The average molecular weight is 273 g/mol. The fourth-order valence-corrected chi connectivity index (χ4v) is 6.72. The molecule has 0 N–H and O–H groups in total. The molecule has 5 heteroatoms. The predicted octanol–water partition coefficient (Wildman–Crippen LogP) is 1.81. The van der Waals surface area contributed by atoms with Crippen LogP contribution in [0.3, 0.4) is 0 Å². The molecule has 1 unspecified atom stereocenters. The van der Waals surface area contributed by atoms with E-state index < -0.39 is 20.2 Å². The number of hydrogen-bond acceptors (Lipinski definition) is 3. The Morgan fingerprint density at radius 2 is 1.83 bits per heavy atom. The summed E-state index contributed by atoms with van der Waals surface area (Å²) in [5.41, 5.74) is -0.425. The van der Waals surface area contributed by atoms with Gasteiger partial charge in [-0.15, -0.1) is 0 Å². The lowest BCUT2D eigenvalue weighted by molar-refractivity contribution is -0.121. The largest absolute Gasteiger partial charge is 0.298 e. The van der Waals surface area contributed by atoms with Crippen molar-refractivity contribution in [1.82, 2.24) is 4.31 Å². The highest BCUT2D eigenvalue weighted by atomic mass is 32.2. The second-order valence-corrected chi connectivity index (χ2v) is 8.16. The van der Waals surface area contributed by atoms with Crippen molar-refractivity contribution in [2.75, 3.05) is 13.1 Å². The molecule has 4 nitrogen and oxygen atoms in total. The highest BCUT2D eigenvalue weighted by molar-refractivity contribution is 7.91. The predicted molar refractivity (Wildman–Crippen MR) is 70.7 cm³/mol. The molecule has 2 rings (SSSR count). The molecular formula is C13H23NO3S. The van der Waals surface area contributed by atoms with E-state index in [-0.39, 0.29) is 11.7 Å². The number of carbonyl (C=O) groups excluding carboxylic acids is 1. The molecule has 2 fully saturated rings. The van der Waals surface area contributed by atoms with Crippen molar-refractivity contribution in [1.29, 1.82) is 0 Å². The highest BCUT2D eigenvalue weighted by Gasteiger charge is 2.71. The second kappa shape index (κ2) is 4.04. The molecule has 0 heterocycles. The summed E-state index contributed by atoms with van der Waals surface area (Å²) in [5, 5.41) is 0. The number of rotatable bonds is 4. The fraction of sp³-hybridized carbons (Fsp3) is 0.923. The number of Topliss-reactive ketones (excluding diaryl/α,β-unsaturated/α-hetero) is 1. The molecule has 0 radical (unpaired) electrons. The molecule has 0 amide bonds. The van der Waals surface area contributed by atoms with Crippen LogP contribution in [0, 0.1) is 11.3 Å². The van der Waals surface area contributed by atoms with Crippen molar-refractivity contribution >= 4 is 15.8 Å². The first-order valence-corrected chi connectivity index (χ1v) is 8.22. The maximum absolute atomic E-state index is 12.9. The summed E-state index contributed by atoms with van der Waals surface area (Å²) < 4.78 is 26.1. The quantitative estimate of drug-likeness (QED) is 0.785. The van der Waals surface area contributed by atoms with Crippen LogP contribution in [0.1, 0.15) is 47.0 Å². The molecule has 0 aromatic carbocycles. The third-order valence-corrected chi connectivity index (χ3v) is 8.31. The molecule has 2 aliphatic rings. The fourth-order valence-electron chi connectivity index (χ4n) is 4.02. The monoisotopic (exact) mass is 273 g/mol. The Morgan fingerprint density at radius 3 is 2.17 bits per heavy atom. The zero-order valence-corrected chi connectivity index (χ0v) is 12.5. The van der Waals surface area contributed by atoms with Gasteiger partial charge in [-0.3, -0.25) is 4.79 Å². The SMILES string of the molecule is CCN(CC)S(=O)(=O)[C@@]12CCC(CC1=O)C2(C)C. The minimum atomic E-state index is -3.54. The van der Waals surface area contributed by atoms with Crippen LogP contribution in [0.25, 0.3) is 0 Å². The first kappa shape index (κ1) is 14.0. The van der Waals surface area contributed by atoms with E-state index in [1.807, 2.05) is 27.7 Å². The number of sulfonamides is 1. The first-order valence-electron chi connectivity index (χ1n) is 6.78. The molecule has 0 aliphatic heterocycles. The van der Waals surface area contributed by atoms with Crippen molar-refractivity contribution in [3.05, 3.63) is 0 Å². The van der Waals surface area contributed by atoms with Crippen LogP contribution in [-0.4, -0.2) is 36.3 Å². The molecule has 2 aliphatic carbocycles. The van der Waals surface area contributed by atoms with Gasteiger partial charge in [0, 0.05) is 19.5 Å². The van der Waals surface area contributed by atoms with E-state index in [4.69, 9.17) is 0 Å². The second-order valence-electron chi connectivity index (χ2n) is 6.00. The summed E-state index contributed by atoms with van der Waals surface area (Å²) in [5.74, 6) is 0.172. The minimum Gasteiger partial charge on any atom is -0.298 e. The molecular weight excluding hydrogens is 250 g/mol. The molecule has 0 saturated heterocycles. The number of hydrogen-bond donors (Lipinski definition) is 0. The van der Waals surface area contributed by atoms with Crippen LogP contribution >= 0.6 is 0 Å². The van der Waals surface area contributed by atoms with E-state index >= 15 is 0 Å². The number of ketones is 1. The van der Waals surface area contributed by atoms with Gasteiger partial charge in [0.15, 0.2) is 5.78 Å². The first-order chi connectivity index (χ1) is 8.25. The molecule has 0 aromatic rings. The van der Waals surface area contributed by atoms with Gasteiger partial charge < -0.3 is 0 Å². The Bertz CT molecular complexity index is 465. The smallest absolute Gasteiger partial charge is 0.227 e. The minimum absolute atomic E-state index is 0.0596.